The van der Waals surface area contributed by atoms with Crippen molar-refractivity contribution in [3.63, 3.8) is 0 Å². The molecule has 756 valence electrons. The molecule has 19 rings (SSSR count). The Morgan fingerprint density at radius 2 is 0.776 bits per heavy atom. The van der Waals surface area contributed by atoms with Gasteiger partial charge in [-0.1, -0.05) is 213 Å². The number of carbonyl (C=O) groups excluding carboxylic acids is 4. The summed E-state index contributed by atoms with van der Waals surface area (Å²) < 4.78 is 20.6. The van der Waals surface area contributed by atoms with E-state index in [1.807, 2.05) is 277 Å². The van der Waals surface area contributed by atoms with E-state index >= 15 is 0 Å². The van der Waals surface area contributed by atoms with Crippen molar-refractivity contribution in [1.29, 1.82) is 0 Å². The molecule has 3 aliphatic heterocycles. The van der Waals surface area contributed by atoms with Gasteiger partial charge in [0.15, 0.2) is 0 Å². The normalized spacial score (nSPS) is 13.0. The van der Waals surface area contributed by atoms with Crippen molar-refractivity contribution in [2.45, 2.75) is 112 Å². The molecule has 3 unspecified atom stereocenters. The number of nitrogens with two attached hydrogens (primary N) is 1. The molecule has 9 aromatic carbocycles. The van der Waals surface area contributed by atoms with E-state index in [0.717, 1.165) is 92.8 Å². The Morgan fingerprint density at radius 1 is 0.401 bits per heavy atom. The number of carbonyl (C=O) groups is 4. The lowest BCUT2D eigenvalue weighted by atomic mass is 10.1. The molecule has 7 N–H and O–H groups in total. The van der Waals surface area contributed by atoms with Gasteiger partial charge in [-0.25, -0.2) is 39.9 Å². The van der Waals surface area contributed by atoms with Crippen LogP contribution in [-0.2, 0) is 19.6 Å². The maximum Gasteiger partial charge on any atom is 0.264 e. The Kier molecular flexibility index (Phi) is 35.5. The molecule has 0 spiro atoms. The molecule has 16 aromatic rings. The fourth-order valence-electron chi connectivity index (χ4n) is 17.4. The van der Waals surface area contributed by atoms with Crippen LogP contribution in [0.2, 0.25) is 25.4 Å². The summed E-state index contributed by atoms with van der Waals surface area (Å²) in [6.45, 7) is 19.3. The molecule has 0 bridgehead atoms. The van der Waals surface area contributed by atoms with Crippen LogP contribution in [0.3, 0.4) is 0 Å². The van der Waals surface area contributed by atoms with Crippen molar-refractivity contribution in [3.8, 4) is 34.3 Å². The number of hydrogen-bond donors (Lipinski definition) is 6. The van der Waals surface area contributed by atoms with Crippen molar-refractivity contribution >= 4 is 149 Å². The number of nitrogens with zero attached hydrogens (tertiary/aromatic N) is 16. The minimum absolute atomic E-state index is 0.108. The molecule has 0 radical (unpaired) electrons. The van der Waals surface area contributed by atoms with Gasteiger partial charge in [0, 0.05) is 86.0 Å². The second-order valence-electron chi connectivity index (χ2n) is 34.8. The highest BCUT2D eigenvalue weighted by molar-refractivity contribution is 6.37. The van der Waals surface area contributed by atoms with E-state index in [4.69, 9.17) is 77.9 Å². The quantitative estimate of drug-likeness (QED) is 0.0237. The van der Waals surface area contributed by atoms with Crippen LogP contribution in [0.25, 0.3) is 49.4 Å². The number of para-hydroxylation sites is 3. The van der Waals surface area contributed by atoms with Crippen LogP contribution < -0.4 is 73.0 Å². The van der Waals surface area contributed by atoms with Crippen molar-refractivity contribution in [2.75, 3.05) is 98.6 Å². The highest BCUT2D eigenvalue weighted by Gasteiger charge is 2.37. The first-order valence-corrected chi connectivity index (χ1v) is 49.9. The van der Waals surface area contributed by atoms with Gasteiger partial charge in [-0.3, -0.25) is 47.3 Å². The molecule has 3 atom stereocenters. The van der Waals surface area contributed by atoms with Gasteiger partial charge in [0.05, 0.1) is 84.6 Å². The van der Waals surface area contributed by atoms with Gasteiger partial charge in [-0.05, 0) is 188 Å². The van der Waals surface area contributed by atoms with E-state index in [1.165, 1.54) is 25.3 Å². The zero-order valence-electron chi connectivity index (χ0n) is 82.7. The number of amides is 4. The lowest BCUT2D eigenvalue weighted by Crippen LogP contribution is -2.47. The number of ether oxygens (including phenoxy) is 3. The Bertz CT molecular complexity index is 7590. The van der Waals surface area contributed by atoms with E-state index in [0.29, 0.717) is 166 Å². The number of rotatable bonds is 29. The Morgan fingerprint density at radius 3 is 1.21 bits per heavy atom. The highest BCUT2D eigenvalue weighted by Crippen LogP contribution is 2.39. The SMILES string of the molecule is CC(N)c1cc2cccc(Cl)c2c(=O)n1-c1ccccc1.CCCN1CN(Cc2ccc(OC)cc2)c2ncnc(Cl)c2C1=O.CCCN1CN(Cc2ccc(OC)cc2)c2ncnc(NC(C)c3cc4cccc(Cl)c4c(=O)n3-c3ccccc3)c2C1=O.CCCN1CNc2ncnc(NC(C)c3cc4cccc(Cl)c4c(=O)n3-c3ccccc3)c2C1=O.CCCNC(=O)c1c(Cl)ncnc1NCc1ccc(OC)cc1. The number of pyridine rings is 3. The predicted molar refractivity (Wildman–Crippen MR) is 582 cm³/mol. The fourth-order valence-corrected chi connectivity index (χ4v) is 18.7. The Balaban J connectivity index is 0.000000142. The maximum absolute atomic E-state index is 13.9. The number of benzene rings is 9. The van der Waals surface area contributed by atoms with Gasteiger partial charge < -0.3 is 71.0 Å². The van der Waals surface area contributed by atoms with Crippen molar-refractivity contribution in [1.82, 2.24) is 73.6 Å². The molecule has 10 heterocycles. The van der Waals surface area contributed by atoms with Crippen LogP contribution in [0.5, 0.6) is 17.2 Å². The number of halogens is 5. The van der Waals surface area contributed by atoms with Gasteiger partial charge in [0.1, 0.15) is 110 Å². The van der Waals surface area contributed by atoms with Crippen molar-refractivity contribution in [2.24, 2.45) is 5.73 Å². The van der Waals surface area contributed by atoms with Crippen molar-refractivity contribution < 1.29 is 33.4 Å². The predicted octanol–water partition coefficient (Wildman–Crippen LogP) is 20.8. The Hall–Kier alpha value is -15.6. The highest BCUT2D eigenvalue weighted by atomic mass is 35.5. The number of aromatic nitrogens is 11. The summed E-state index contributed by atoms with van der Waals surface area (Å²) in [4.78, 5) is 136. The summed E-state index contributed by atoms with van der Waals surface area (Å²) in [6.07, 6.45) is 9.00. The monoisotopic (exact) mass is 2070 g/mol. The van der Waals surface area contributed by atoms with Gasteiger partial charge in [0.25, 0.3) is 40.3 Å². The molecular weight excluding hydrogens is 1970 g/mol. The number of fused-ring (bicyclic) bond motifs is 6. The van der Waals surface area contributed by atoms with Crippen LogP contribution in [0, 0.1) is 0 Å². The summed E-state index contributed by atoms with van der Waals surface area (Å²) >= 11 is 31.4. The average Bonchev–Trinajstić information content (AvgIpc) is 0.764. The summed E-state index contributed by atoms with van der Waals surface area (Å²) in [7, 11) is 4.91. The first kappa shape index (κ1) is 106. The van der Waals surface area contributed by atoms with Gasteiger partial charge in [0.2, 0.25) is 0 Å². The molecule has 0 fully saturated rings. The smallest absolute Gasteiger partial charge is 0.264 e. The van der Waals surface area contributed by atoms with Crippen molar-refractivity contribution in [3.05, 3.63) is 374 Å². The number of methoxy groups -OCH3 is 3. The third-order valence-electron chi connectivity index (χ3n) is 24.6. The maximum atomic E-state index is 13.9. The van der Waals surface area contributed by atoms with E-state index in [2.05, 4.69) is 71.4 Å². The number of nitrogens with one attached hydrogen (secondary N) is 5. The van der Waals surface area contributed by atoms with Gasteiger partial charge in [-0.2, -0.15) is 0 Å². The third-order valence-corrected chi connectivity index (χ3v) is 26.1. The first-order chi connectivity index (χ1) is 71.3. The van der Waals surface area contributed by atoms with Gasteiger partial charge in [-0.15, -0.1) is 0 Å². The number of hydrogen-bond acceptors (Lipinski definition) is 25. The molecule has 37 heteroatoms. The van der Waals surface area contributed by atoms with E-state index in [9.17, 15) is 33.6 Å². The van der Waals surface area contributed by atoms with Crippen LogP contribution >= 0.6 is 58.0 Å². The van der Waals surface area contributed by atoms with Crippen LogP contribution in [-0.4, -0.2) is 159 Å². The molecule has 0 saturated carbocycles. The lowest BCUT2D eigenvalue weighted by molar-refractivity contribution is 0.0731. The fraction of sp³-hybridized carbons (Fsp3) is 0.245. The molecule has 147 heavy (non-hydrogen) atoms. The second kappa shape index (κ2) is 49.3. The van der Waals surface area contributed by atoms with Crippen LogP contribution in [0.4, 0.5) is 34.9 Å². The molecular formula is C110H111Cl5N22O10. The van der Waals surface area contributed by atoms with E-state index in [1.54, 1.807) is 63.0 Å². The lowest BCUT2D eigenvalue weighted by Gasteiger charge is -2.37. The summed E-state index contributed by atoms with van der Waals surface area (Å²) in [5.74, 6) is 4.62. The molecule has 0 aliphatic carbocycles. The standard InChI is InChI=1S/C34H33ClN6O3.C26H25ClN6O2.C17H19ClN4O2.C17H15ClN2O.C16H19ClN4O2/c1-4-17-39-21-40(19-23-13-15-26(44-3)16-14-23)32-30(33(39)42)31(36-20-37-32)38-22(2)28-18-24-9-8-12-27(35)29(24)34(43)41(28)25-10-6-5-7-11-25;1-3-12-32-15-30-23-22(25(32)34)24(29-14-28-23)31-16(2)20-13-17-8-7-11-19(27)21(17)26(35)33(20)18-9-5-4-6-10-18;1-3-8-21-11-22(9-12-4-6-13(24-2)7-5-12)16-14(17(21)23)15(18)19-10-20-16;1-11(19)15-10-12-6-5-9-14(18)16(12)17(21)20(15)13-7-3-2-4-8-13;1-3-8-18-16(22)13-14(17)20-10-21-15(13)19-9-11-4-6-12(23-2)7-5-11/h5-16,18,20,22H,4,17,19,21H2,1-3H3,(H,36,37,38);4-11,13-14,16H,3,12,15H2,1-2H3,(H2,28,29,30,31);4-7,10H,3,8-9,11H2,1-2H3;2-11H,19H2,1H3;4-7,10H,3,8-9H2,1-2H3,(H,18,22)(H,19,20,21). The summed E-state index contributed by atoms with van der Waals surface area (Å²) in [5.41, 5.74) is 14.5. The van der Waals surface area contributed by atoms with Crippen LogP contribution in [0.15, 0.2) is 276 Å². The van der Waals surface area contributed by atoms with Gasteiger partial charge >= 0.3 is 0 Å². The minimum Gasteiger partial charge on any atom is -0.497 e. The molecule has 4 amide bonds. The first-order valence-electron chi connectivity index (χ1n) is 48.0. The van der Waals surface area contributed by atoms with Crippen LogP contribution in [0.1, 0.15) is 167 Å². The largest absolute Gasteiger partial charge is 0.497 e. The second-order valence-corrected chi connectivity index (χ2v) is 36.7. The minimum atomic E-state index is -0.422. The third kappa shape index (κ3) is 24.3. The van der Waals surface area contributed by atoms with E-state index in [-0.39, 0.29) is 68.3 Å². The zero-order chi connectivity index (χ0) is 104. The average molecular weight is 2080 g/mol. The molecule has 3 aliphatic rings. The van der Waals surface area contributed by atoms with E-state index < -0.39 is 6.04 Å². The molecule has 0 saturated heterocycles. The summed E-state index contributed by atoms with van der Waals surface area (Å²) in [5, 5.41) is 21.3. The topological polar surface area (TPSA) is 367 Å². The molecule has 7 aromatic heterocycles. The number of anilines is 6. The zero-order valence-corrected chi connectivity index (χ0v) is 86.4. The Labute approximate surface area is 874 Å². The molecule has 32 nitrogen and oxygen atoms in total. The summed E-state index contributed by atoms with van der Waals surface area (Å²) in [6, 6.07) is 72.7.